The molecule has 74 valence electrons. The van der Waals surface area contributed by atoms with E-state index >= 15 is 0 Å². The number of hydrogen-bond acceptors (Lipinski definition) is 2. The van der Waals surface area contributed by atoms with E-state index in [1.165, 1.54) is 0 Å². The lowest BCUT2D eigenvalue weighted by molar-refractivity contribution is -0.148. The molecule has 0 aromatic rings. The van der Waals surface area contributed by atoms with E-state index in [4.69, 9.17) is 10.2 Å². The molecule has 2 N–H and O–H groups in total. The van der Waals surface area contributed by atoms with Gasteiger partial charge < -0.3 is 10.2 Å². The molecule has 2 unspecified atom stereocenters. The average Bonchev–Trinajstić information content (AvgIpc) is 2.02. The molecule has 0 aromatic carbocycles. The summed E-state index contributed by atoms with van der Waals surface area (Å²) >= 11 is 0. The minimum absolute atomic E-state index is 0.0282. The van der Waals surface area contributed by atoms with Crippen LogP contribution in [0, 0.1) is 11.8 Å². The van der Waals surface area contributed by atoms with Gasteiger partial charge in [0.25, 0.3) is 0 Å². The number of carbonyl (C=O) groups is 2. The third kappa shape index (κ3) is 5.00. The van der Waals surface area contributed by atoms with Crippen LogP contribution in [0.25, 0.3) is 0 Å². The van der Waals surface area contributed by atoms with Crippen LogP contribution < -0.4 is 0 Å². The Labute approximate surface area is 76.9 Å². The van der Waals surface area contributed by atoms with E-state index in [1.54, 1.807) is 6.08 Å². The van der Waals surface area contributed by atoms with Crippen LogP contribution in [-0.2, 0) is 9.59 Å². The fourth-order valence-corrected chi connectivity index (χ4v) is 1.03. The van der Waals surface area contributed by atoms with Crippen LogP contribution >= 0.6 is 0 Å². The average molecular weight is 186 g/mol. The van der Waals surface area contributed by atoms with Crippen molar-refractivity contribution in [2.75, 3.05) is 0 Å². The molecule has 0 saturated carbocycles. The molecule has 0 heterocycles. The Morgan fingerprint density at radius 1 is 1.46 bits per heavy atom. The standard InChI is InChI=1S/C9H14O4/c1-3-6(2)4-7(9(12)13)5-8(10)11/h3,6-7H,1,4-5H2,2H3,(H,10,11)(H,12,13). The van der Waals surface area contributed by atoms with E-state index in [9.17, 15) is 9.59 Å². The zero-order valence-corrected chi connectivity index (χ0v) is 7.56. The van der Waals surface area contributed by atoms with Gasteiger partial charge in [-0.2, -0.15) is 0 Å². The Hall–Kier alpha value is -1.32. The molecule has 4 nitrogen and oxygen atoms in total. The van der Waals surface area contributed by atoms with Crippen LogP contribution in [0.5, 0.6) is 0 Å². The SMILES string of the molecule is C=CC(C)CC(CC(=O)O)C(=O)O. The number of carboxylic acids is 2. The number of carboxylic acid groups (broad SMARTS) is 2. The third-order valence-electron chi connectivity index (χ3n) is 1.83. The lowest BCUT2D eigenvalue weighted by Gasteiger charge is -2.12. The van der Waals surface area contributed by atoms with Gasteiger partial charge in [-0.15, -0.1) is 6.58 Å². The lowest BCUT2D eigenvalue weighted by Crippen LogP contribution is -2.19. The van der Waals surface area contributed by atoms with Crippen LogP contribution in [0.2, 0.25) is 0 Å². The van der Waals surface area contributed by atoms with Gasteiger partial charge in [0.1, 0.15) is 0 Å². The summed E-state index contributed by atoms with van der Waals surface area (Å²) in [4.78, 5) is 20.9. The molecule has 4 heteroatoms. The smallest absolute Gasteiger partial charge is 0.307 e. The zero-order valence-electron chi connectivity index (χ0n) is 7.56. The lowest BCUT2D eigenvalue weighted by atomic mass is 9.93. The summed E-state index contributed by atoms with van der Waals surface area (Å²) < 4.78 is 0. The van der Waals surface area contributed by atoms with Crippen molar-refractivity contribution in [3.63, 3.8) is 0 Å². The molecule has 0 amide bonds. The second-order valence-electron chi connectivity index (χ2n) is 3.08. The van der Waals surface area contributed by atoms with E-state index in [0.717, 1.165) is 0 Å². The summed E-state index contributed by atoms with van der Waals surface area (Å²) in [7, 11) is 0. The molecular weight excluding hydrogens is 172 g/mol. The summed E-state index contributed by atoms with van der Waals surface area (Å²) in [5.74, 6) is -2.93. The predicted octanol–water partition coefficient (Wildman–Crippen LogP) is 1.37. The van der Waals surface area contributed by atoms with Crippen molar-refractivity contribution in [3.8, 4) is 0 Å². The molecule has 0 aliphatic rings. The van der Waals surface area contributed by atoms with Gasteiger partial charge in [-0.25, -0.2) is 0 Å². The molecule has 0 rings (SSSR count). The zero-order chi connectivity index (χ0) is 10.4. The molecule has 0 aliphatic heterocycles. The van der Waals surface area contributed by atoms with Gasteiger partial charge in [-0.1, -0.05) is 13.0 Å². The van der Waals surface area contributed by atoms with Gasteiger partial charge in [0.2, 0.25) is 0 Å². The fourth-order valence-electron chi connectivity index (χ4n) is 1.03. The van der Waals surface area contributed by atoms with Gasteiger partial charge in [0.15, 0.2) is 0 Å². The molecule has 0 bridgehead atoms. The first-order chi connectivity index (χ1) is 5.97. The molecule has 0 aromatic heterocycles. The van der Waals surface area contributed by atoms with Gasteiger partial charge >= 0.3 is 11.9 Å². The quantitative estimate of drug-likeness (QED) is 0.614. The summed E-state index contributed by atoms with van der Waals surface area (Å²) in [6, 6.07) is 0. The normalized spacial score (nSPS) is 14.5. The van der Waals surface area contributed by atoms with Crippen molar-refractivity contribution in [1.82, 2.24) is 0 Å². The molecule has 0 saturated heterocycles. The van der Waals surface area contributed by atoms with Crippen molar-refractivity contribution in [2.45, 2.75) is 19.8 Å². The highest BCUT2D eigenvalue weighted by Crippen LogP contribution is 2.16. The van der Waals surface area contributed by atoms with Gasteiger partial charge in [-0.3, -0.25) is 9.59 Å². The van der Waals surface area contributed by atoms with Crippen molar-refractivity contribution < 1.29 is 19.8 Å². The minimum atomic E-state index is -1.08. The van der Waals surface area contributed by atoms with Crippen LogP contribution in [0.1, 0.15) is 19.8 Å². The largest absolute Gasteiger partial charge is 0.481 e. The highest BCUT2D eigenvalue weighted by molar-refractivity contribution is 5.77. The summed E-state index contributed by atoms with van der Waals surface area (Å²) in [6.07, 6.45) is 1.62. The number of hydrogen-bond donors (Lipinski definition) is 2. The summed E-state index contributed by atoms with van der Waals surface area (Å²) in [5.41, 5.74) is 0. The topological polar surface area (TPSA) is 74.6 Å². The van der Waals surface area contributed by atoms with Crippen LogP contribution in [-0.4, -0.2) is 22.2 Å². The number of allylic oxidation sites excluding steroid dienone is 1. The van der Waals surface area contributed by atoms with E-state index < -0.39 is 17.9 Å². The van der Waals surface area contributed by atoms with Crippen LogP contribution in [0.3, 0.4) is 0 Å². The first-order valence-corrected chi connectivity index (χ1v) is 4.04. The van der Waals surface area contributed by atoms with Crippen molar-refractivity contribution in [3.05, 3.63) is 12.7 Å². The van der Waals surface area contributed by atoms with Crippen LogP contribution in [0.15, 0.2) is 12.7 Å². The molecule has 2 atom stereocenters. The number of rotatable bonds is 6. The maximum Gasteiger partial charge on any atom is 0.307 e. The molecule has 0 spiro atoms. The molecule has 0 radical (unpaired) electrons. The van der Waals surface area contributed by atoms with E-state index in [1.807, 2.05) is 6.92 Å². The van der Waals surface area contributed by atoms with E-state index in [0.29, 0.717) is 6.42 Å². The molecule has 0 fully saturated rings. The Morgan fingerprint density at radius 2 is 2.00 bits per heavy atom. The molecule has 0 aliphatic carbocycles. The second-order valence-corrected chi connectivity index (χ2v) is 3.08. The maximum atomic E-state index is 10.6. The minimum Gasteiger partial charge on any atom is -0.481 e. The second kappa shape index (κ2) is 5.35. The Morgan fingerprint density at radius 3 is 2.31 bits per heavy atom. The Kier molecular flexibility index (Phi) is 4.80. The highest BCUT2D eigenvalue weighted by atomic mass is 16.4. The van der Waals surface area contributed by atoms with Crippen molar-refractivity contribution in [1.29, 1.82) is 0 Å². The first kappa shape index (κ1) is 11.7. The third-order valence-corrected chi connectivity index (χ3v) is 1.83. The first-order valence-electron chi connectivity index (χ1n) is 4.04. The maximum absolute atomic E-state index is 10.6. The van der Waals surface area contributed by atoms with Crippen molar-refractivity contribution >= 4 is 11.9 Å². The highest BCUT2D eigenvalue weighted by Gasteiger charge is 2.22. The van der Waals surface area contributed by atoms with E-state index in [2.05, 4.69) is 6.58 Å². The monoisotopic (exact) mass is 186 g/mol. The number of aliphatic carboxylic acids is 2. The molecular formula is C9H14O4. The Balaban J connectivity index is 4.17. The van der Waals surface area contributed by atoms with E-state index in [-0.39, 0.29) is 12.3 Å². The van der Waals surface area contributed by atoms with Crippen LogP contribution in [0.4, 0.5) is 0 Å². The summed E-state index contributed by atoms with van der Waals surface area (Å²) in [6.45, 7) is 5.32. The van der Waals surface area contributed by atoms with Gasteiger partial charge in [-0.05, 0) is 12.3 Å². The van der Waals surface area contributed by atoms with Gasteiger partial charge in [0, 0.05) is 0 Å². The predicted molar refractivity (Wildman–Crippen MR) is 47.4 cm³/mol. The van der Waals surface area contributed by atoms with Crippen molar-refractivity contribution in [2.24, 2.45) is 11.8 Å². The fraction of sp³-hybridized carbons (Fsp3) is 0.556. The van der Waals surface area contributed by atoms with Gasteiger partial charge in [0.05, 0.1) is 12.3 Å². The Bertz CT molecular complexity index is 210. The molecule has 13 heavy (non-hydrogen) atoms. The summed E-state index contributed by atoms with van der Waals surface area (Å²) in [5, 5.41) is 17.1.